The van der Waals surface area contributed by atoms with E-state index in [0.29, 0.717) is 13.1 Å². The van der Waals surface area contributed by atoms with Crippen LogP contribution in [0.15, 0.2) is 22.7 Å². The second-order valence-electron chi connectivity index (χ2n) is 4.12. The first-order valence-corrected chi connectivity index (χ1v) is 6.08. The molecule has 1 saturated heterocycles. The molecule has 0 bridgehead atoms. The number of hydrogen-bond donors (Lipinski definition) is 1. The summed E-state index contributed by atoms with van der Waals surface area (Å²) < 4.78 is 40.3. The van der Waals surface area contributed by atoms with Crippen LogP contribution in [0.2, 0.25) is 0 Å². The van der Waals surface area contributed by atoms with Crippen LogP contribution in [-0.2, 0) is 0 Å². The van der Waals surface area contributed by atoms with Crippen LogP contribution in [-0.4, -0.2) is 35.6 Å². The van der Waals surface area contributed by atoms with Gasteiger partial charge in [0.2, 0.25) is 0 Å². The number of amides is 1. The molecular weight excluding hydrogens is 331 g/mol. The van der Waals surface area contributed by atoms with Gasteiger partial charge in [0.1, 0.15) is 5.75 Å². The normalized spacial score (nSPS) is 16.1. The van der Waals surface area contributed by atoms with Gasteiger partial charge >= 0.3 is 12.5 Å². The molecule has 0 aliphatic carbocycles. The Hall–Kier alpha value is -1.44. The lowest BCUT2D eigenvalue weighted by Crippen LogP contribution is -2.47. The van der Waals surface area contributed by atoms with Crippen molar-refractivity contribution in [1.29, 1.82) is 0 Å². The van der Waals surface area contributed by atoms with Crippen LogP contribution in [0.1, 0.15) is 11.5 Å². The maximum Gasteiger partial charge on any atom is 0.573 e. The lowest BCUT2D eigenvalue weighted by molar-refractivity contribution is -0.274. The van der Waals surface area contributed by atoms with E-state index in [4.69, 9.17) is 5.11 Å². The summed E-state index contributed by atoms with van der Waals surface area (Å²) in [6, 6.07) is 4.25. The number of carboxylic acid groups (broad SMARTS) is 1. The van der Waals surface area contributed by atoms with Crippen molar-refractivity contribution in [1.82, 2.24) is 4.90 Å². The molecule has 8 heteroatoms. The minimum atomic E-state index is -4.74. The topological polar surface area (TPSA) is 49.8 Å². The predicted molar refractivity (Wildman–Crippen MR) is 63.2 cm³/mol. The highest BCUT2D eigenvalue weighted by Gasteiger charge is 2.34. The third kappa shape index (κ3) is 3.31. The fourth-order valence-corrected chi connectivity index (χ4v) is 2.30. The summed E-state index contributed by atoms with van der Waals surface area (Å²) in [7, 11) is 0. The Morgan fingerprint density at radius 1 is 1.42 bits per heavy atom. The summed E-state index contributed by atoms with van der Waals surface area (Å²) in [5, 5.41) is 8.70. The van der Waals surface area contributed by atoms with Gasteiger partial charge < -0.3 is 14.7 Å². The number of benzene rings is 1. The average Bonchev–Trinajstić information content (AvgIpc) is 2.17. The van der Waals surface area contributed by atoms with Crippen LogP contribution >= 0.6 is 15.9 Å². The largest absolute Gasteiger partial charge is 0.573 e. The Labute approximate surface area is 114 Å². The van der Waals surface area contributed by atoms with Gasteiger partial charge in [0, 0.05) is 19.0 Å². The van der Waals surface area contributed by atoms with Crippen molar-refractivity contribution in [3.63, 3.8) is 0 Å². The summed E-state index contributed by atoms with van der Waals surface area (Å²) in [6.45, 7) is 0.697. The highest BCUT2D eigenvalue weighted by atomic mass is 79.9. The molecule has 0 spiro atoms. The van der Waals surface area contributed by atoms with Gasteiger partial charge in [-0.25, -0.2) is 4.79 Å². The van der Waals surface area contributed by atoms with Gasteiger partial charge in [-0.1, -0.05) is 6.07 Å². The van der Waals surface area contributed by atoms with Gasteiger partial charge in [-0.15, -0.1) is 13.2 Å². The minimum absolute atomic E-state index is 0.00679. The van der Waals surface area contributed by atoms with Crippen molar-refractivity contribution < 1.29 is 27.8 Å². The first kappa shape index (κ1) is 14.0. The van der Waals surface area contributed by atoms with E-state index in [2.05, 4.69) is 20.7 Å². The van der Waals surface area contributed by atoms with Crippen molar-refractivity contribution in [2.75, 3.05) is 13.1 Å². The van der Waals surface area contributed by atoms with Crippen molar-refractivity contribution in [2.24, 2.45) is 0 Å². The lowest BCUT2D eigenvalue weighted by atomic mass is 9.92. The molecule has 1 aliphatic rings. The molecule has 0 aromatic heterocycles. The Bertz CT molecular complexity index is 500. The monoisotopic (exact) mass is 339 g/mol. The maximum atomic E-state index is 12.1. The molecule has 104 valence electrons. The van der Waals surface area contributed by atoms with Crippen LogP contribution in [0.25, 0.3) is 0 Å². The number of ether oxygens (including phenoxy) is 1. The molecule has 0 saturated carbocycles. The zero-order valence-electron chi connectivity index (χ0n) is 9.45. The van der Waals surface area contributed by atoms with E-state index >= 15 is 0 Å². The highest BCUT2D eigenvalue weighted by Crippen LogP contribution is 2.35. The number of rotatable bonds is 2. The molecule has 1 aromatic carbocycles. The molecular formula is C11H9BrF3NO3. The second-order valence-corrected chi connectivity index (χ2v) is 4.98. The number of nitrogens with zero attached hydrogens (tertiary/aromatic N) is 1. The third-order valence-electron chi connectivity index (χ3n) is 2.81. The molecule has 1 aromatic rings. The van der Waals surface area contributed by atoms with E-state index in [1.807, 2.05) is 0 Å². The zero-order valence-corrected chi connectivity index (χ0v) is 11.0. The maximum absolute atomic E-state index is 12.1. The fourth-order valence-electron chi connectivity index (χ4n) is 1.82. The standard InChI is InChI=1S/C11H9BrF3NO3/c12-8-3-6(7-4-16(5-7)10(17)18)1-2-9(8)19-11(13,14)15/h1-3,7H,4-5H2,(H,17,18). The molecule has 1 amide bonds. The van der Waals surface area contributed by atoms with E-state index in [9.17, 15) is 18.0 Å². The molecule has 4 nitrogen and oxygen atoms in total. The van der Waals surface area contributed by atoms with Crippen LogP contribution < -0.4 is 4.74 Å². The smallest absolute Gasteiger partial charge is 0.465 e. The van der Waals surface area contributed by atoms with E-state index in [-0.39, 0.29) is 16.1 Å². The summed E-state index contributed by atoms with van der Waals surface area (Å²) in [6.07, 6.45) is -5.73. The quantitative estimate of drug-likeness (QED) is 0.898. The Morgan fingerprint density at radius 2 is 2.05 bits per heavy atom. The molecule has 1 fully saturated rings. The van der Waals surface area contributed by atoms with Crippen molar-refractivity contribution in [3.05, 3.63) is 28.2 Å². The van der Waals surface area contributed by atoms with Crippen molar-refractivity contribution >= 4 is 22.0 Å². The summed E-state index contributed by atoms with van der Waals surface area (Å²) >= 11 is 3.01. The molecule has 0 unspecified atom stereocenters. The highest BCUT2D eigenvalue weighted by molar-refractivity contribution is 9.10. The third-order valence-corrected chi connectivity index (χ3v) is 3.42. The fraction of sp³-hybridized carbons (Fsp3) is 0.364. The van der Waals surface area contributed by atoms with E-state index < -0.39 is 12.5 Å². The first-order valence-electron chi connectivity index (χ1n) is 5.29. The van der Waals surface area contributed by atoms with Gasteiger partial charge in [-0.3, -0.25) is 0 Å². The van der Waals surface area contributed by atoms with Crippen LogP contribution in [0, 0.1) is 0 Å². The SMILES string of the molecule is O=C(O)N1CC(c2ccc(OC(F)(F)F)c(Br)c2)C1. The van der Waals surface area contributed by atoms with E-state index in [1.54, 1.807) is 0 Å². The van der Waals surface area contributed by atoms with Gasteiger partial charge in [-0.05, 0) is 33.6 Å². The van der Waals surface area contributed by atoms with Crippen LogP contribution in [0.3, 0.4) is 0 Å². The van der Waals surface area contributed by atoms with Crippen molar-refractivity contribution in [2.45, 2.75) is 12.3 Å². The zero-order chi connectivity index (χ0) is 14.2. The Balaban J connectivity index is 2.06. The number of alkyl halides is 3. The summed E-state index contributed by atoms with van der Waals surface area (Å²) in [5.41, 5.74) is 0.777. The number of carbonyl (C=O) groups is 1. The molecule has 1 N–H and O–H groups in total. The van der Waals surface area contributed by atoms with Gasteiger partial charge in [0.25, 0.3) is 0 Å². The van der Waals surface area contributed by atoms with Crippen molar-refractivity contribution in [3.8, 4) is 5.75 Å². The summed E-state index contributed by atoms with van der Waals surface area (Å²) in [5.74, 6) is -0.307. The van der Waals surface area contributed by atoms with Gasteiger partial charge in [0.15, 0.2) is 0 Å². The van der Waals surface area contributed by atoms with Gasteiger partial charge in [0.05, 0.1) is 4.47 Å². The average molecular weight is 340 g/mol. The Morgan fingerprint density at radius 3 is 2.53 bits per heavy atom. The van der Waals surface area contributed by atoms with Crippen LogP contribution in [0.5, 0.6) is 5.75 Å². The number of hydrogen-bond acceptors (Lipinski definition) is 2. The molecule has 0 atom stereocenters. The van der Waals surface area contributed by atoms with E-state index in [1.165, 1.54) is 23.1 Å². The lowest BCUT2D eigenvalue weighted by Gasteiger charge is -2.37. The van der Waals surface area contributed by atoms with Gasteiger partial charge in [-0.2, -0.15) is 0 Å². The molecule has 2 rings (SSSR count). The minimum Gasteiger partial charge on any atom is -0.465 e. The molecule has 19 heavy (non-hydrogen) atoms. The number of likely N-dealkylation sites (tertiary alicyclic amines) is 1. The predicted octanol–water partition coefficient (Wildman–Crippen LogP) is 3.42. The number of halogens is 4. The molecule has 1 heterocycles. The second kappa shape index (κ2) is 4.92. The first-order chi connectivity index (χ1) is 8.76. The Kier molecular flexibility index (Phi) is 3.62. The molecule has 0 radical (unpaired) electrons. The van der Waals surface area contributed by atoms with E-state index in [0.717, 1.165) is 5.56 Å². The summed E-state index contributed by atoms with van der Waals surface area (Å²) in [4.78, 5) is 11.8. The molecule has 1 aliphatic heterocycles. The van der Waals surface area contributed by atoms with Crippen LogP contribution in [0.4, 0.5) is 18.0 Å².